The van der Waals surface area contributed by atoms with Gasteiger partial charge >= 0.3 is 0 Å². The molecule has 0 atom stereocenters. The molecule has 0 aliphatic carbocycles. The molecule has 1 N–H and O–H groups in total. The van der Waals surface area contributed by atoms with Gasteiger partial charge in [-0.1, -0.05) is 13.8 Å². The van der Waals surface area contributed by atoms with Crippen LogP contribution in [0.5, 0.6) is 0 Å². The molecule has 1 radical (unpaired) electrons. The fourth-order valence-corrected chi connectivity index (χ4v) is 1.33. The minimum atomic E-state index is 0. The second kappa shape index (κ2) is 3.31. The van der Waals surface area contributed by atoms with E-state index in [0.29, 0.717) is 0 Å². The van der Waals surface area contributed by atoms with Gasteiger partial charge in [-0.15, -0.1) is 5.69 Å². The number of rotatable bonds is 0. The van der Waals surface area contributed by atoms with Crippen LogP contribution in [0.1, 0.15) is 17.1 Å². The average Bonchev–Trinajstić information content (AvgIpc) is 2.41. The number of H-pyrrole nitrogens is 1. The van der Waals surface area contributed by atoms with Crippen LogP contribution in [0.25, 0.3) is 5.65 Å². The van der Waals surface area contributed by atoms with Gasteiger partial charge in [-0.25, -0.2) is 11.6 Å². The Kier molecular flexibility index (Phi) is 2.74. The normalized spacial score (nSPS) is 10.2. The first-order chi connectivity index (χ1) is 5.20. The molecule has 0 aliphatic heterocycles. The van der Waals surface area contributed by atoms with Crippen LogP contribution in [0.15, 0.2) is 0 Å². The molecule has 2 aromatic rings. The van der Waals surface area contributed by atoms with Crippen molar-refractivity contribution < 1.29 is 32.7 Å². The van der Waals surface area contributed by atoms with E-state index in [1.807, 2.05) is 6.92 Å². The summed E-state index contributed by atoms with van der Waals surface area (Å²) in [5, 5.41) is 6.97. The molecule has 0 aliphatic rings. The Morgan fingerprint density at radius 3 is 2.58 bits per heavy atom. The van der Waals surface area contributed by atoms with Gasteiger partial charge in [-0.3, -0.25) is 5.10 Å². The molecule has 0 saturated carbocycles. The van der Waals surface area contributed by atoms with Crippen LogP contribution in [0, 0.1) is 26.8 Å². The Hall–Kier alpha value is -0.146. The maximum absolute atomic E-state index is 4.06. The van der Waals surface area contributed by atoms with E-state index in [1.165, 1.54) is 11.3 Å². The van der Waals surface area contributed by atoms with Crippen molar-refractivity contribution in [3.63, 3.8) is 0 Å². The molecule has 0 bridgehead atoms. The van der Waals surface area contributed by atoms with Crippen LogP contribution in [-0.4, -0.2) is 14.6 Å². The van der Waals surface area contributed by atoms with Gasteiger partial charge in [0.2, 0.25) is 0 Å². The number of nitrogens with one attached hydrogen (secondary N) is 1. The molecule has 12 heavy (non-hydrogen) atoms. The molecule has 0 aromatic carbocycles. The van der Waals surface area contributed by atoms with E-state index >= 15 is 0 Å². The molecule has 61 valence electrons. The first kappa shape index (κ1) is 9.94. The van der Waals surface area contributed by atoms with Crippen LogP contribution in [0.2, 0.25) is 0 Å². The monoisotopic (exact) mass is 237 g/mol. The van der Waals surface area contributed by atoms with Gasteiger partial charge in [0.15, 0.2) is 0 Å². The van der Waals surface area contributed by atoms with Gasteiger partial charge in [0.1, 0.15) is 5.82 Å². The third kappa shape index (κ3) is 1.25. The van der Waals surface area contributed by atoms with Crippen LogP contribution < -0.4 is 0 Å². The summed E-state index contributed by atoms with van der Waals surface area (Å²) in [5.74, 6) is 0.988. The van der Waals surface area contributed by atoms with Gasteiger partial charge in [0.05, 0.1) is 0 Å². The fourth-order valence-electron chi connectivity index (χ4n) is 1.33. The minimum absolute atomic E-state index is 0. The minimum Gasteiger partial charge on any atom is -0.383 e. The van der Waals surface area contributed by atoms with E-state index in [-0.39, 0.29) is 32.7 Å². The SMILES string of the molecule is Cc1[c-]c2[nH]nc(C)n2c1C.[Y]. The van der Waals surface area contributed by atoms with E-state index in [1.54, 1.807) is 0 Å². The van der Waals surface area contributed by atoms with Crippen molar-refractivity contribution in [2.24, 2.45) is 0 Å². The standard InChI is InChI=1S/C8H10N3.Y/c1-5-4-8-10-9-7(3)11(8)6(5)2;/h10H,1-3H3;/q-1;. The van der Waals surface area contributed by atoms with E-state index in [9.17, 15) is 0 Å². The summed E-state index contributed by atoms with van der Waals surface area (Å²) in [5.41, 5.74) is 3.35. The third-order valence-electron chi connectivity index (χ3n) is 2.05. The first-order valence-electron chi connectivity index (χ1n) is 3.62. The maximum Gasteiger partial charge on any atom is 0.114 e. The summed E-state index contributed by atoms with van der Waals surface area (Å²) in [6, 6.07) is 3.19. The number of aryl methyl sites for hydroxylation is 3. The zero-order valence-electron chi connectivity index (χ0n) is 7.47. The molecule has 2 rings (SSSR count). The van der Waals surface area contributed by atoms with Crippen molar-refractivity contribution in [2.45, 2.75) is 20.8 Å². The van der Waals surface area contributed by atoms with Crippen LogP contribution in [-0.2, 0) is 32.7 Å². The molecule has 0 amide bonds. The van der Waals surface area contributed by atoms with E-state index in [2.05, 4.69) is 34.5 Å². The Morgan fingerprint density at radius 2 is 2.00 bits per heavy atom. The maximum atomic E-state index is 4.06. The van der Waals surface area contributed by atoms with Crippen LogP contribution in [0.3, 0.4) is 0 Å². The van der Waals surface area contributed by atoms with Gasteiger partial charge < -0.3 is 4.40 Å². The molecule has 0 unspecified atom stereocenters. The fraction of sp³-hybridized carbons (Fsp3) is 0.375. The van der Waals surface area contributed by atoms with Crippen molar-refractivity contribution in [1.82, 2.24) is 14.6 Å². The summed E-state index contributed by atoms with van der Waals surface area (Å²) in [6.07, 6.45) is 0. The van der Waals surface area contributed by atoms with Crippen molar-refractivity contribution in [3.05, 3.63) is 23.1 Å². The Bertz CT molecular complexity index is 400. The Labute approximate surface area is 96.4 Å². The molecule has 0 fully saturated rings. The predicted octanol–water partition coefficient (Wildman–Crippen LogP) is 1.39. The molecular weight excluding hydrogens is 227 g/mol. The van der Waals surface area contributed by atoms with Gasteiger partial charge in [0.25, 0.3) is 0 Å². The van der Waals surface area contributed by atoms with Gasteiger partial charge in [-0.05, 0) is 6.92 Å². The summed E-state index contributed by atoms with van der Waals surface area (Å²) in [4.78, 5) is 0. The van der Waals surface area contributed by atoms with Crippen molar-refractivity contribution in [3.8, 4) is 0 Å². The van der Waals surface area contributed by atoms with Gasteiger partial charge in [-0.2, -0.15) is 5.10 Å². The van der Waals surface area contributed by atoms with E-state index in [4.69, 9.17) is 0 Å². The predicted molar refractivity (Wildman–Crippen MR) is 42.6 cm³/mol. The van der Waals surface area contributed by atoms with Crippen molar-refractivity contribution in [1.29, 1.82) is 0 Å². The summed E-state index contributed by atoms with van der Waals surface area (Å²) >= 11 is 0. The van der Waals surface area contributed by atoms with E-state index in [0.717, 1.165) is 11.5 Å². The quantitative estimate of drug-likeness (QED) is 0.690. The zero-order chi connectivity index (χ0) is 8.01. The van der Waals surface area contributed by atoms with Crippen molar-refractivity contribution in [2.75, 3.05) is 0 Å². The molecule has 0 spiro atoms. The molecule has 2 heterocycles. The summed E-state index contributed by atoms with van der Waals surface area (Å²) in [7, 11) is 0. The Balaban J connectivity index is 0.000000720. The Morgan fingerprint density at radius 1 is 1.33 bits per heavy atom. The molecule has 0 saturated heterocycles. The number of nitrogens with zero attached hydrogens (tertiary/aromatic N) is 2. The number of fused-ring (bicyclic) bond motifs is 1. The second-order valence-corrected chi connectivity index (χ2v) is 2.79. The van der Waals surface area contributed by atoms with Crippen LogP contribution >= 0.6 is 0 Å². The second-order valence-electron chi connectivity index (χ2n) is 2.79. The molecule has 3 nitrogen and oxygen atoms in total. The first-order valence-corrected chi connectivity index (χ1v) is 3.62. The van der Waals surface area contributed by atoms with E-state index < -0.39 is 0 Å². The van der Waals surface area contributed by atoms with Gasteiger partial charge in [0, 0.05) is 38.4 Å². The van der Waals surface area contributed by atoms with Crippen LogP contribution in [0.4, 0.5) is 0 Å². The molecule has 2 aromatic heterocycles. The zero-order valence-corrected chi connectivity index (χ0v) is 10.3. The number of hydrogen-bond acceptors (Lipinski definition) is 1. The molecule has 4 heteroatoms. The topological polar surface area (TPSA) is 33.1 Å². The molecular formula is C8H10N3Y-. The summed E-state index contributed by atoms with van der Waals surface area (Å²) < 4.78 is 2.06. The number of aromatic nitrogens is 3. The number of hydrogen-bond donors (Lipinski definition) is 1. The summed E-state index contributed by atoms with van der Waals surface area (Å²) in [6.45, 7) is 6.10. The number of aromatic amines is 1. The average molecular weight is 237 g/mol. The smallest absolute Gasteiger partial charge is 0.114 e. The largest absolute Gasteiger partial charge is 0.383 e. The van der Waals surface area contributed by atoms with Crippen molar-refractivity contribution >= 4 is 5.65 Å². The third-order valence-corrected chi connectivity index (χ3v) is 2.05.